The third kappa shape index (κ3) is 3.47. The highest BCUT2D eigenvalue weighted by atomic mass is 35.7. The van der Waals surface area contributed by atoms with Crippen molar-refractivity contribution in [3.63, 3.8) is 0 Å². The molecule has 118 valence electrons. The normalized spacial score (nSPS) is 12.0. The number of ether oxygens (including phenoxy) is 1. The lowest BCUT2D eigenvalue weighted by Crippen LogP contribution is -2.19. The summed E-state index contributed by atoms with van der Waals surface area (Å²) in [6, 6.07) is 17.0. The topological polar surface area (TPSA) is 9.23 Å². The molecule has 0 bridgehead atoms. The number of methoxy groups -OCH3 is 1. The van der Waals surface area contributed by atoms with Gasteiger partial charge in [-0.05, 0) is 31.9 Å². The maximum atomic E-state index is 6.37. The highest BCUT2D eigenvalue weighted by molar-refractivity contribution is 7.69. The first kappa shape index (κ1) is 17.3. The molecule has 0 aliphatic rings. The maximum Gasteiger partial charge on any atom is 0.126 e. The van der Waals surface area contributed by atoms with Crippen molar-refractivity contribution in [2.45, 2.75) is 38.3 Å². The molecular formula is C19H24ClOP. The van der Waals surface area contributed by atoms with Gasteiger partial charge < -0.3 is 4.74 Å². The van der Waals surface area contributed by atoms with Crippen LogP contribution in [0.25, 0.3) is 0 Å². The Labute approximate surface area is 140 Å². The molecule has 0 saturated heterocycles. The molecule has 2 aromatic carbocycles. The number of halogens is 1. The predicted octanol–water partition coefficient (Wildman–Crippen LogP) is 6.13. The van der Waals surface area contributed by atoms with Crippen molar-refractivity contribution in [1.82, 2.24) is 0 Å². The van der Waals surface area contributed by atoms with Crippen LogP contribution in [-0.4, -0.2) is 7.11 Å². The van der Waals surface area contributed by atoms with Crippen molar-refractivity contribution in [1.29, 1.82) is 0 Å². The molecule has 0 amide bonds. The van der Waals surface area contributed by atoms with Crippen LogP contribution in [0.2, 0.25) is 0 Å². The van der Waals surface area contributed by atoms with Crippen molar-refractivity contribution in [3.05, 3.63) is 65.2 Å². The summed E-state index contributed by atoms with van der Waals surface area (Å²) in [6.07, 6.45) is 2.93. The monoisotopic (exact) mass is 334 g/mol. The minimum atomic E-state index is 0.0135. The lowest BCUT2D eigenvalue weighted by Gasteiger charge is -2.32. The summed E-state index contributed by atoms with van der Waals surface area (Å²) in [7, 11) is 2.12. The lowest BCUT2D eigenvalue weighted by molar-refractivity contribution is 0.395. The van der Waals surface area contributed by atoms with Gasteiger partial charge in [-0.3, -0.25) is 0 Å². The largest absolute Gasteiger partial charge is 0.496 e. The smallest absolute Gasteiger partial charge is 0.126 e. The van der Waals surface area contributed by atoms with E-state index in [0.29, 0.717) is 7.93 Å². The van der Waals surface area contributed by atoms with Gasteiger partial charge in [0.05, 0.1) is 7.11 Å². The fourth-order valence-corrected chi connectivity index (χ4v) is 4.65. The molecule has 3 heteroatoms. The molecule has 0 aromatic heterocycles. The van der Waals surface area contributed by atoms with Crippen LogP contribution < -0.4 is 4.74 Å². The van der Waals surface area contributed by atoms with Gasteiger partial charge in [0, 0.05) is 17.1 Å². The van der Waals surface area contributed by atoms with Crippen LogP contribution in [0.4, 0.5) is 0 Å². The van der Waals surface area contributed by atoms with Gasteiger partial charge in [-0.15, -0.1) is 0 Å². The summed E-state index contributed by atoms with van der Waals surface area (Å²) in [4.78, 5) is 0. The Hall–Kier alpha value is -1.04. The van der Waals surface area contributed by atoms with E-state index in [4.69, 9.17) is 16.0 Å². The SMILES string of the molecule is CCC(CC)(PCl)c1cccc(Cc2ccccc2)c1OC. The average molecular weight is 335 g/mol. The molecule has 0 aliphatic heterocycles. The molecule has 1 nitrogen and oxygen atoms in total. The van der Waals surface area contributed by atoms with E-state index in [9.17, 15) is 0 Å². The Morgan fingerprint density at radius 2 is 1.68 bits per heavy atom. The molecule has 2 rings (SSSR count). The van der Waals surface area contributed by atoms with Crippen molar-refractivity contribution in [3.8, 4) is 5.75 Å². The number of rotatable bonds is 7. The number of benzene rings is 2. The molecule has 2 aromatic rings. The van der Waals surface area contributed by atoms with Gasteiger partial charge in [0.25, 0.3) is 0 Å². The second-order valence-electron chi connectivity index (χ2n) is 5.54. The zero-order valence-electron chi connectivity index (χ0n) is 13.5. The third-order valence-corrected chi connectivity index (χ3v) is 6.87. The van der Waals surface area contributed by atoms with Crippen LogP contribution in [0.15, 0.2) is 48.5 Å². The molecule has 0 N–H and O–H groups in total. The zero-order chi connectivity index (χ0) is 16.0. The van der Waals surface area contributed by atoms with E-state index in [1.807, 2.05) is 6.07 Å². The Morgan fingerprint density at radius 1 is 1.00 bits per heavy atom. The maximum absolute atomic E-state index is 6.37. The van der Waals surface area contributed by atoms with Gasteiger partial charge in [-0.25, -0.2) is 0 Å². The number of hydrogen-bond donors (Lipinski definition) is 0. The first-order valence-corrected chi connectivity index (χ1v) is 9.80. The van der Waals surface area contributed by atoms with Gasteiger partial charge in [0.15, 0.2) is 0 Å². The summed E-state index contributed by atoms with van der Waals surface area (Å²) in [5, 5.41) is 0.0135. The van der Waals surface area contributed by atoms with Gasteiger partial charge in [0.2, 0.25) is 0 Å². The number of hydrogen-bond acceptors (Lipinski definition) is 1. The van der Waals surface area contributed by atoms with Crippen molar-refractivity contribution in [2.24, 2.45) is 0 Å². The van der Waals surface area contributed by atoms with Crippen LogP contribution in [0.5, 0.6) is 5.75 Å². The van der Waals surface area contributed by atoms with Crippen LogP contribution in [-0.2, 0) is 11.6 Å². The minimum Gasteiger partial charge on any atom is -0.496 e. The van der Waals surface area contributed by atoms with Crippen molar-refractivity contribution < 1.29 is 4.74 Å². The summed E-state index contributed by atoms with van der Waals surface area (Å²) in [5.74, 6) is 1.00. The van der Waals surface area contributed by atoms with Crippen LogP contribution in [0.3, 0.4) is 0 Å². The second kappa shape index (κ2) is 7.99. The molecule has 0 aliphatic carbocycles. The van der Waals surface area contributed by atoms with Gasteiger partial charge in [0.1, 0.15) is 5.75 Å². The number of para-hydroxylation sites is 1. The molecule has 0 spiro atoms. The molecule has 0 fully saturated rings. The Morgan fingerprint density at radius 3 is 2.23 bits per heavy atom. The van der Waals surface area contributed by atoms with Crippen molar-refractivity contribution in [2.75, 3.05) is 7.11 Å². The zero-order valence-corrected chi connectivity index (χ0v) is 15.3. The minimum absolute atomic E-state index is 0.0135. The summed E-state index contributed by atoms with van der Waals surface area (Å²) >= 11 is 6.37. The summed E-state index contributed by atoms with van der Waals surface area (Å²) < 4.78 is 5.81. The Kier molecular flexibility index (Phi) is 6.29. The van der Waals surface area contributed by atoms with Gasteiger partial charge in [-0.1, -0.05) is 73.6 Å². The van der Waals surface area contributed by atoms with E-state index in [2.05, 4.69) is 56.3 Å². The standard InChI is InChI=1S/C19H24ClOP/c1-4-19(5-2,22-20)17-13-9-12-16(18(17)21-3)14-15-10-7-6-8-11-15/h6-13,22H,4-5,14H2,1-3H3. The molecule has 1 atom stereocenters. The molecule has 0 heterocycles. The molecule has 22 heavy (non-hydrogen) atoms. The molecule has 1 unspecified atom stereocenters. The van der Waals surface area contributed by atoms with E-state index >= 15 is 0 Å². The fourth-order valence-electron chi connectivity index (χ4n) is 2.97. The molecule has 0 radical (unpaired) electrons. The Bertz CT molecular complexity index is 585. The first-order chi connectivity index (χ1) is 10.7. The van der Waals surface area contributed by atoms with Gasteiger partial charge in [-0.2, -0.15) is 0 Å². The molecule has 0 saturated carbocycles. The third-order valence-electron chi connectivity index (χ3n) is 4.44. The van der Waals surface area contributed by atoms with E-state index in [0.717, 1.165) is 25.0 Å². The highest BCUT2D eigenvalue weighted by Gasteiger charge is 2.31. The van der Waals surface area contributed by atoms with Crippen LogP contribution >= 0.6 is 19.2 Å². The van der Waals surface area contributed by atoms with E-state index in [-0.39, 0.29) is 5.16 Å². The summed E-state index contributed by atoms with van der Waals surface area (Å²) in [6.45, 7) is 4.42. The first-order valence-electron chi connectivity index (χ1n) is 7.78. The van der Waals surface area contributed by atoms with E-state index in [1.54, 1.807) is 7.11 Å². The van der Waals surface area contributed by atoms with Crippen LogP contribution in [0, 0.1) is 0 Å². The fraction of sp³-hybridized carbons (Fsp3) is 0.368. The van der Waals surface area contributed by atoms with Crippen molar-refractivity contribution >= 4 is 19.2 Å². The summed E-state index contributed by atoms with van der Waals surface area (Å²) in [5.41, 5.74) is 3.78. The predicted molar refractivity (Wildman–Crippen MR) is 98.7 cm³/mol. The Balaban J connectivity index is 2.47. The quantitative estimate of drug-likeness (QED) is 0.553. The van der Waals surface area contributed by atoms with Gasteiger partial charge >= 0.3 is 0 Å². The second-order valence-corrected chi connectivity index (χ2v) is 7.26. The average Bonchev–Trinajstić information content (AvgIpc) is 2.58. The highest BCUT2D eigenvalue weighted by Crippen LogP contribution is 2.53. The van der Waals surface area contributed by atoms with E-state index < -0.39 is 0 Å². The van der Waals surface area contributed by atoms with Crippen LogP contribution in [0.1, 0.15) is 43.4 Å². The lowest BCUT2D eigenvalue weighted by atomic mass is 9.89. The molecular weight excluding hydrogens is 311 g/mol. The van der Waals surface area contributed by atoms with E-state index in [1.165, 1.54) is 16.7 Å².